The average Bonchev–Trinajstić information content (AvgIpc) is 2.38. The van der Waals surface area contributed by atoms with Crippen molar-refractivity contribution in [2.75, 3.05) is 13.6 Å². The van der Waals surface area contributed by atoms with E-state index in [9.17, 15) is 4.39 Å². The molecule has 98 valence electrons. The molecule has 0 saturated carbocycles. The number of hydrogen-bond acceptors (Lipinski definition) is 3. The van der Waals surface area contributed by atoms with Crippen LogP contribution < -0.4 is 10.6 Å². The Balaban J connectivity index is 2.77. The Morgan fingerprint density at radius 3 is 2.56 bits per heavy atom. The first kappa shape index (κ1) is 14.4. The summed E-state index contributed by atoms with van der Waals surface area (Å²) in [7, 11) is 1.91. The van der Waals surface area contributed by atoms with Crippen LogP contribution in [0.2, 0.25) is 0 Å². The first-order valence-electron chi connectivity index (χ1n) is 5.96. The summed E-state index contributed by atoms with van der Waals surface area (Å²) in [6.45, 7) is 4.76. The van der Waals surface area contributed by atoms with Crippen LogP contribution in [-0.4, -0.2) is 19.8 Å². The van der Waals surface area contributed by atoms with Crippen molar-refractivity contribution in [3.05, 3.63) is 46.6 Å². The predicted molar refractivity (Wildman–Crippen MR) is 74.2 cm³/mol. The van der Waals surface area contributed by atoms with Gasteiger partial charge in [-0.05, 0) is 57.7 Å². The lowest BCUT2D eigenvalue weighted by atomic mass is 10.1. The van der Waals surface area contributed by atoms with E-state index >= 15 is 0 Å². The van der Waals surface area contributed by atoms with E-state index in [4.69, 9.17) is 5.41 Å². The number of nitrogens with one attached hydrogen (secondary N) is 3. The lowest BCUT2D eigenvalue weighted by Crippen LogP contribution is -2.17. The normalized spacial score (nSPS) is 16.3. The van der Waals surface area contributed by atoms with Crippen molar-refractivity contribution >= 4 is 6.21 Å². The third-order valence-electron chi connectivity index (χ3n) is 2.72. The smallest absolute Gasteiger partial charge is 0.146 e. The molecule has 18 heavy (non-hydrogen) atoms. The molecule has 0 aromatic heterocycles. The SMILES string of the molecule is CNCC/C(C)=C/C(NC1=CC=C1F)=C(\C)C=N. The maximum atomic E-state index is 13.1. The lowest BCUT2D eigenvalue weighted by Gasteiger charge is -2.16. The van der Waals surface area contributed by atoms with Gasteiger partial charge in [0.1, 0.15) is 5.83 Å². The van der Waals surface area contributed by atoms with Crippen LogP contribution >= 0.6 is 0 Å². The minimum atomic E-state index is -0.244. The highest BCUT2D eigenvalue weighted by atomic mass is 19.1. The van der Waals surface area contributed by atoms with Crippen LogP contribution in [0.5, 0.6) is 0 Å². The fourth-order valence-corrected chi connectivity index (χ4v) is 1.44. The number of rotatable bonds is 7. The summed E-state index contributed by atoms with van der Waals surface area (Å²) < 4.78 is 13.1. The number of halogens is 1. The van der Waals surface area contributed by atoms with Gasteiger partial charge in [-0.15, -0.1) is 0 Å². The zero-order chi connectivity index (χ0) is 13.5. The molecule has 0 fully saturated rings. The van der Waals surface area contributed by atoms with Gasteiger partial charge in [0.05, 0.1) is 5.70 Å². The summed E-state index contributed by atoms with van der Waals surface area (Å²) in [6, 6.07) is 0. The molecule has 0 atom stereocenters. The summed E-state index contributed by atoms with van der Waals surface area (Å²) in [5.74, 6) is -0.244. The molecular formula is C14H20FN3. The molecular weight excluding hydrogens is 229 g/mol. The Kier molecular flexibility index (Phi) is 5.52. The Hall–Kier alpha value is -1.68. The number of hydrogen-bond donors (Lipinski definition) is 3. The Morgan fingerprint density at radius 2 is 2.11 bits per heavy atom. The highest BCUT2D eigenvalue weighted by Gasteiger charge is 2.12. The van der Waals surface area contributed by atoms with Crippen molar-refractivity contribution in [1.82, 2.24) is 10.6 Å². The van der Waals surface area contributed by atoms with Gasteiger partial charge in [-0.3, -0.25) is 0 Å². The van der Waals surface area contributed by atoms with E-state index in [1.54, 1.807) is 6.08 Å². The third kappa shape index (κ3) is 3.96. The van der Waals surface area contributed by atoms with Gasteiger partial charge in [0.15, 0.2) is 0 Å². The van der Waals surface area contributed by atoms with Crippen LogP contribution in [0.4, 0.5) is 4.39 Å². The van der Waals surface area contributed by atoms with Gasteiger partial charge in [-0.1, -0.05) is 5.57 Å². The molecule has 0 amide bonds. The minimum Gasteiger partial charge on any atom is -0.353 e. The largest absolute Gasteiger partial charge is 0.353 e. The van der Waals surface area contributed by atoms with Crippen molar-refractivity contribution in [2.24, 2.45) is 0 Å². The molecule has 3 N–H and O–H groups in total. The summed E-state index contributed by atoms with van der Waals surface area (Å²) in [5, 5.41) is 13.4. The maximum Gasteiger partial charge on any atom is 0.146 e. The Labute approximate surface area is 108 Å². The average molecular weight is 249 g/mol. The van der Waals surface area contributed by atoms with Crippen LogP contribution in [0.25, 0.3) is 0 Å². The summed E-state index contributed by atoms with van der Waals surface area (Å²) in [4.78, 5) is 0. The van der Waals surface area contributed by atoms with Gasteiger partial charge in [0.25, 0.3) is 0 Å². The first-order valence-corrected chi connectivity index (χ1v) is 5.96. The van der Waals surface area contributed by atoms with E-state index in [1.165, 1.54) is 17.9 Å². The summed E-state index contributed by atoms with van der Waals surface area (Å²) in [5.41, 5.74) is 3.20. The molecule has 0 aromatic carbocycles. The predicted octanol–water partition coefficient (Wildman–Crippen LogP) is 2.81. The fraction of sp³-hybridized carbons (Fsp3) is 0.357. The van der Waals surface area contributed by atoms with Crippen molar-refractivity contribution in [1.29, 1.82) is 5.41 Å². The lowest BCUT2D eigenvalue weighted by molar-refractivity contribution is 0.623. The van der Waals surface area contributed by atoms with Crippen molar-refractivity contribution < 1.29 is 4.39 Å². The minimum absolute atomic E-state index is 0.244. The zero-order valence-electron chi connectivity index (χ0n) is 11.1. The van der Waals surface area contributed by atoms with Gasteiger partial charge in [0, 0.05) is 11.9 Å². The molecule has 3 nitrogen and oxygen atoms in total. The standard InChI is InChI=1S/C14H20FN3/c1-10(6-7-17-3)8-14(11(2)9-16)18-13-5-4-12(13)15/h4-5,8-9,16-18H,6-7H2,1-3H3/b10-8+,14-11-,16-9?. The van der Waals surface area contributed by atoms with E-state index < -0.39 is 0 Å². The molecule has 0 aliphatic heterocycles. The first-order chi connectivity index (χ1) is 8.58. The van der Waals surface area contributed by atoms with E-state index in [1.807, 2.05) is 27.0 Å². The molecule has 4 heteroatoms. The molecule has 1 aliphatic rings. The Bertz CT molecular complexity index is 442. The maximum absolute atomic E-state index is 13.1. The highest BCUT2D eigenvalue weighted by molar-refractivity contribution is 5.77. The topological polar surface area (TPSA) is 47.9 Å². The van der Waals surface area contributed by atoms with E-state index in [0.717, 1.165) is 24.2 Å². The second-order valence-corrected chi connectivity index (χ2v) is 4.31. The van der Waals surface area contributed by atoms with Gasteiger partial charge < -0.3 is 16.0 Å². The Morgan fingerprint density at radius 1 is 1.39 bits per heavy atom. The van der Waals surface area contributed by atoms with Crippen molar-refractivity contribution in [3.8, 4) is 0 Å². The summed E-state index contributed by atoms with van der Waals surface area (Å²) in [6.07, 6.45) is 7.25. The fourth-order valence-electron chi connectivity index (χ4n) is 1.44. The molecule has 0 saturated heterocycles. The molecule has 0 aromatic rings. The third-order valence-corrected chi connectivity index (χ3v) is 2.72. The van der Waals surface area contributed by atoms with Crippen LogP contribution in [0.3, 0.4) is 0 Å². The summed E-state index contributed by atoms with van der Waals surface area (Å²) >= 11 is 0. The van der Waals surface area contributed by atoms with Gasteiger partial charge in [0.2, 0.25) is 0 Å². The molecule has 0 heterocycles. The van der Waals surface area contributed by atoms with E-state index in [0.29, 0.717) is 5.70 Å². The van der Waals surface area contributed by atoms with Crippen molar-refractivity contribution in [2.45, 2.75) is 20.3 Å². The van der Waals surface area contributed by atoms with Crippen LogP contribution in [0.15, 0.2) is 46.6 Å². The van der Waals surface area contributed by atoms with E-state index in [-0.39, 0.29) is 5.83 Å². The van der Waals surface area contributed by atoms with Crippen LogP contribution in [-0.2, 0) is 0 Å². The van der Waals surface area contributed by atoms with Gasteiger partial charge >= 0.3 is 0 Å². The quantitative estimate of drug-likeness (QED) is 0.480. The second-order valence-electron chi connectivity index (χ2n) is 4.31. The molecule has 0 radical (unpaired) electrons. The van der Waals surface area contributed by atoms with Gasteiger partial charge in [-0.25, -0.2) is 4.39 Å². The zero-order valence-corrected chi connectivity index (χ0v) is 11.1. The van der Waals surface area contributed by atoms with Crippen LogP contribution in [0, 0.1) is 5.41 Å². The van der Waals surface area contributed by atoms with E-state index in [2.05, 4.69) is 10.6 Å². The molecule has 0 spiro atoms. The van der Waals surface area contributed by atoms with Crippen LogP contribution in [0.1, 0.15) is 20.3 Å². The molecule has 1 aliphatic carbocycles. The second kappa shape index (κ2) is 6.91. The molecule has 0 bridgehead atoms. The molecule has 1 rings (SSSR count). The highest BCUT2D eigenvalue weighted by Crippen LogP contribution is 2.20. The van der Waals surface area contributed by atoms with Crippen molar-refractivity contribution in [3.63, 3.8) is 0 Å². The number of allylic oxidation sites excluding steroid dienone is 5. The monoisotopic (exact) mass is 249 g/mol. The molecule has 0 unspecified atom stereocenters. The van der Waals surface area contributed by atoms with Gasteiger partial charge in [-0.2, -0.15) is 0 Å².